The van der Waals surface area contributed by atoms with E-state index in [1.54, 1.807) is 13.2 Å². The summed E-state index contributed by atoms with van der Waals surface area (Å²) in [7, 11) is 1.73. The number of phenols is 1. The van der Waals surface area contributed by atoms with Crippen molar-refractivity contribution in [3.8, 4) is 23.0 Å². The van der Waals surface area contributed by atoms with E-state index in [4.69, 9.17) is 14.5 Å². The van der Waals surface area contributed by atoms with Crippen LogP contribution in [0.3, 0.4) is 0 Å². The van der Waals surface area contributed by atoms with Gasteiger partial charge in [0.15, 0.2) is 5.82 Å². The maximum atomic E-state index is 16.8. The van der Waals surface area contributed by atoms with Gasteiger partial charge in [-0.25, -0.2) is 8.78 Å². The molecule has 11 heteroatoms. The summed E-state index contributed by atoms with van der Waals surface area (Å²) in [6.07, 6.45) is 6.87. The van der Waals surface area contributed by atoms with Gasteiger partial charge in [-0.3, -0.25) is 9.88 Å². The molecule has 0 aliphatic carbocycles. The number of hydrogen-bond donors (Lipinski definition) is 2. The van der Waals surface area contributed by atoms with Crippen LogP contribution in [-0.4, -0.2) is 87.7 Å². The first-order chi connectivity index (χ1) is 21.8. The number of β-amino-alcohol motifs (C(OH)–C–C–N with tert-alkyl or cyclic N) is 1. The Morgan fingerprint density at radius 3 is 2.76 bits per heavy atom. The number of halogens is 2. The molecule has 3 saturated heterocycles. The van der Waals surface area contributed by atoms with Gasteiger partial charge in [-0.1, -0.05) is 13.0 Å². The van der Waals surface area contributed by atoms with Crippen molar-refractivity contribution in [2.24, 2.45) is 0 Å². The Bertz CT molecular complexity index is 1760. The van der Waals surface area contributed by atoms with E-state index in [-0.39, 0.29) is 34.1 Å². The maximum Gasteiger partial charge on any atom is 0.319 e. The summed E-state index contributed by atoms with van der Waals surface area (Å²) >= 11 is 0. The fraction of sp³-hybridized carbons (Fsp3) is 0.500. The zero-order chi connectivity index (χ0) is 31.3. The number of aliphatic hydroxyl groups excluding tert-OH is 1. The fourth-order valence-electron chi connectivity index (χ4n) is 7.88. The number of nitrogens with zero attached hydrogens (tertiary/aromatic N) is 5. The molecule has 4 aromatic rings. The van der Waals surface area contributed by atoms with E-state index in [1.165, 1.54) is 24.4 Å². The fourth-order valence-corrected chi connectivity index (χ4v) is 7.88. The zero-order valence-electron chi connectivity index (χ0n) is 25.7. The smallest absolute Gasteiger partial charge is 0.319 e. The Morgan fingerprint density at radius 2 is 1.96 bits per heavy atom. The molecule has 7 rings (SSSR count). The highest BCUT2D eigenvalue weighted by Crippen LogP contribution is 2.43. The number of piperidine rings is 1. The Morgan fingerprint density at radius 1 is 1.09 bits per heavy atom. The molecule has 2 aromatic carbocycles. The number of aliphatic hydroxyl groups is 1. The van der Waals surface area contributed by atoms with Crippen molar-refractivity contribution in [1.82, 2.24) is 19.9 Å². The van der Waals surface area contributed by atoms with Crippen LogP contribution < -0.4 is 9.64 Å². The number of pyridine rings is 1. The number of hydrogen-bond acceptors (Lipinski definition) is 9. The normalized spacial score (nSPS) is 23.7. The topological polar surface area (TPSA) is 104 Å². The monoisotopic (exact) mass is 619 g/mol. The van der Waals surface area contributed by atoms with E-state index >= 15 is 4.39 Å². The van der Waals surface area contributed by atoms with Gasteiger partial charge in [-0.05, 0) is 86.0 Å². The number of aryl methyl sites for hydroxylation is 1. The lowest BCUT2D eigenvalue weighted by Crippen LogP contribution is -2.47. The van der Waals surface area contributed by atoms with Crippen LogP contribution >= 0.6 is 0 Å². The highest BCUT2D eigenvalue weighted by molar-refractivity contribution is 6.01. The van der Waals surface area contributed by atoms with E-state index in [2.05, 4.69) is 14.9 Å². The number of anilines is 1. The van der Waals surface area contributed by atoms with Crippen LogP contribution in [0.25, 0.3) is 32.9 Å². The number of benzene rings is 2. The van der Waals surface area contributed by atoms with Crippen molar-refractivity contribution in [3.05, 3.63) is 47.7 Å². The molecule has 3 aliphatic rings. The minimum atomic E-state index is -0.710. The summed E-state index contributed by atoms with van der Waals surface area (Å²) in [5.41, 5.74) is 0.535. The molecule has 2 N–H and O–H groups in total. The Balaban J connectivity index is 1.35. The number of methoxy groups -OCH3 is 1. The van der Waals surface area contributed by atoms with Gasteiger partial charge in [0.05, 0.1) is 23.6 Å². The number of aromatic nitrogens is 3. The lowest BCUT2D eigenvalue weighted by atomic mass is 9.94. The lowest BCUT2D eigenvalue weighted by molar-refractivity contribution is 0.0521. The molecule has 238 valence electrons. The van der Waals surface area contributed by atoms with E-state index in [0.29, 0.717) is 72.7 Å². The van der Waals surface area contributed by atoms with Crippen molar-refractivity contribution >= 4 is 27.5 Å². The van der Waals surface area contributed by atoms with Gasteiger partial charge < -0.3 is 24.6 Å². The maximum absolute atomic E-state index is 16.8. The van der Waals surface area contributed by atoms with Crippen molar-refractivity contribution in [1.29, 1.82) is 0 Å². The second-order valence-electron chi connectivity index (χ2n) is 12.7. The number of fused-ring (bicyclic) bond motifs is 3. The Kier molecular flexibility index (Phi) is 7.95. The number of ether oxygens (including phenoxy) is 2. The first-order valence-corrected chi connectivity index (χ1v) is 15.9. The zero-order valence-corrected chi connectivity index (χ0v) is 25.7. The molecule has 5 heterocycles. The third-order valence-corrected chi connectivity index (χ3v) is 9.96. The molecule has 3 unspecified atom stereocenters. The van der Waals surface area contributed by atoms with Gasteiger partial charge >= 0.3 is 6.01 Å². The second kappa shape index (κ2) is 11.9. The number of phenolic OH excluding ortho intramolecular Hbond substituents is 1. The van der Waals surface area contributed by atoms with Crippen LogP contribution in [0.4, 0.5) is 14.6 Å². The van der Waals surface area contributed by atoms with Gasteiger partial charge in [0.2, 0.25) is 0 Å². The Labute approximate surface area is 260 Å². The summed E-state index contributed by atoms with van der Waals surface area (Å²) in [4.78, 5) is 18.3. The van der Waals surface area contributed by atoms with Gasteiger partial charge in [-0.2, -0.15) is 9.97 Å². The predicted octanol–water partition coefficient (Wildman–Crippen LogP) is 5.37. The molecule has 45 heavy (non-hydrogen) atoms. The highest BCUT2D eigenvalue weighted by atomic mass is 19.1. The van der Waals surface area contributed by atoms with Crippen LogP contribution in [0.1, 0.15) is 51.0 Å². The second-order valence-corrected chi connectivity index (χ2v) is 12.7. The average molecular weight is 620 g/mol. The average Bonchev–Trinajstić information content (AvgIpc) is 3.60. The first-order valence-electron chi connectivity index (χ1n) is 15.9. The molecule has 3 atom stereocenters. The van der Waals surface area contributed by atoms with Crippen molar-refractivity contribution in [2.75, 3.05) is 44.9 Å². The van der Waals surface area contributed by atoms with Crippen LogP contribution in [0.2, 0.25) is 0 Å². The van der Waals surface area contributed by atoms with E-state index in [1.807, 2.05) is 11.8 Å². The first kappa shape index (κ1) is 30.0. The number of aromatic hydroxyl groups is 1. The van der Waals surface area contributed by atoms with Crippen molar-refractivity contribution in [3.63, 3.8) is 0 Å². The highest BCUT2D eigenvalue weighted by Gasteiger charge is 2.49. The van der Waals surface area contributed by atoms with E-state index < -0.39 is 17.7 Å². The molecule has 0 spiro atoms. The van der Waals surface area contributed by atoms with Gasteiger partial charge in [0.25, 0.3) is 0 Å². The van der Waals surface area contributed by atoms with E-state index in [0.717, 1.165) is 38.6 Å². The SMILES string of the molecule is CCc1c(F)ccc2cc(O)cc(-c3ncc4c(N5CCCC(O)C5)nc(OCC56CCCN5C(COC)CC6)nc4c3F)c12. The third-order valence-electron chi connectivity index (χ3n) is 9.96. The van der Waals surface area contributed by atoms with Gasteiger partial charge in [-0.15, -0.1) is 0 Å². The molecule has 3 aliphatic heterocycles. The summed E-state index contributed by atoms with van der Waals surface area (Å²) < 4.78 is 43.5. The van der Waals surface area contributed by atoms with Crippen molar-refractivity contribution < 1.29 is 28.5 Å². The Hall–Kier alpha value is -3.67. The van der Waals surface area contributed by atoms with E-state index in [9.17, 15) is 14.6 Å². The minimum Gasteiger partial charge on any atom is -0.508 e. The van der Waals surface area contributed by atoms with Crippen LogP contribution in [0.5, 0.6) is 11.8 Å². The molecule has 3 fully saturated rings. The lowest BCUT2D eigenvalue weighted by Gasteiger charge is -2.34. The third kappa shape index (κ3) is 5.24. The molecule has 0 radical (unpaired) electrons. The molecular formula is C34H39F2N5O4. The van der Waals surface area contributed by atoms with Crippen LogP contribution in [-0.2, 0) is 11.2 Å². The van der Waals surface area contributed by atoms with Crippen LogP contribution in [0, 0.1) is 11.6 Å². The quantitative estimate of drug-likeness (QED) is 0.269. The summed E-state index contributed by atoms with van der Waals surface area (Å²) in [5.74, 6) is -0.733. The molecule has 0 bridgehead atoms. The summed E-state index contributed by atoms with van der Waals surface area (Å²) in [6, 6.07) is 6.29. The summed E-state index contributed by atoms with van der Waals surface area (Å²) in [5, 5.41) is 22.5. The predicted molar refractivity (Wildman–Crippen MR) is 168 cm³/mol. The number of rotatable bonds is 8. The molecule has 0 amide bonds. The van der Waals surface area contributed by atoms with Crippen LogP contribution in [0.15, 0.2) is 30.5 Å². The molecule has 9 nitrogen and oxygen atoms in total. The van der Waals surface area contributed by atoms with Gasteiger partial charge in [0.1, 0.15) is 35.2 Å². The standard InChI is InChI=1S/C34H39F2N5O4/c1-3-24-27(35)8-7-20-14-23(43)15-25(28(20)24)30-29(36)31-26(16-37-30)32(40-12-4-6-22(42)17-40)39-33(38-31)45-19-34-10-5-13-41(34)21(9-11-34)18-44-2/h7-8,14-16,21-22,42-43H,3-6,9-13,17-19H2,1-2H3. The summed E-state index contributed by atoms with van der Waals surface area (Å²) in [6.45, 7) is 4.84. The minimum absolute atomic E-state index is 0.0236. The molecule has 0 saturated carbocycles. The molecule has 2 aromatic heterocycles. The molecular weight excluding hydrogens is 580 g/mol. The van der Waals surface area contributed by atoms with Crippen molar-refractivity contribution in [2.45, 2.75) is 69.6 Å². The largest absolute Gasteiger partial charge is 0.508 e. The van der Waals surface area contributed by atoms with Gasteiger partial charge in [0, 0.05) is 38.0 Å².